The van der Waals surface area contributed by atoms with Gasteiger partial charge in [-0.2, -0.15) is 5.10 Å². The van der Waals surface area contributed by atoms with Gasteiger partial charge >= 0.3 is 0 Å². The molecule has 2 aromatic heterocycles. The number of halogens is 1. The number of para-hydroxylation sites is 1. The molecule has 0 fully saturated rings. The standard InChI is InChI=1S/C26H28FN3O3/c1-3-25-24(18-29(16-19(2)31)17-23-10-7-15-32-23)26(33-22-8-5-4-6-9-22)30(28-25)21-13-11-20(27)12-14-21/h4-15,19,31H,3,16-18H2,1-2H3. The molecule has 2 heterocycles. The third-order valence-corrected chi connectivity index (χ3v) is 5.25. The van der Waals surface area contributed by atoms with E-state index in [1.165, 1.54) is 12.1 Å². The summed E-state index contributed by atoms with van der Waals surface area (Å²) in [6.45, 7) is 5.29. The van der Waals surface area contributed by atoms with Crippen molar-refractivity contribution < 1.29 is 18.7 Å². The quantitative estimate of drug-likeness (QED) is 0.354. The Kier molecular flexibility index (Phi) is 7.22. The molecule has 4 aromatic rings. The van der Waals surface area contributed by atoms with Crippen LogP contribution in [0.2, 0.25) is 0 Å². The van der Waals surface area contributed by atoms with Gasteiger partial charge in [-0.3, -0.25) is 4.90 Å². The Morgan fingerprint density at radius 3 is 2.45 bits per heavy atom. The second-order valence-corrected chi connectivity index (χ2v) is 7.99. The second-order valence-electron chi connectivity index (χ2n) is 7.99. The van der Waals surface area contributed by atoms with Crippen molar-refractivity contribution in [3.05, 3.63) is 95.8 Å². The molecule has 0 saturated carbocycles. The number of hydrogen-bond donors (Lipinski definition) is 1. The van der Waals surface area contributed by atoms with Gasteiger partial charge in [0.05, 0.1) is 35.9 Å². The van der Waals surface area contributed by atoms with Crippen LogP contribution in [-0.2, 0) is 19.5 Å². The van der Waals surface area contributed by atoms with E-state index in [0.29, 0.717) is 43.4 Å². The molecular formula is C26H28FN3O3. The maximum atomic E-state index is 13.6. The highest BCUT2D eigenvalue weighted by Crippen LogP contribution is 2.32. The van der Waals surface area contributed by atoms with Crippen molar-refractivity contribution in [2.24, 2.45) is 0 Å². The van der Waals surface area contributed by atoms with Gasteiger partial charge in [-0.25, -0.2) is 9.07 Å². The van der Waals surface area contributed by atoms with Crippen molar-refractivity contribution >= 4 is 0 Å². The molecule has 0 amide bonds. The fraction of sp³-hybridized carbons (Fsp3) is 0.269. The molecule has 0 saturated heterocycles. The van der Waals surface area contributed by atoms with Crippen molar-refractivity contribution in [1.29, 1.82) is 0 Å². The van der Waals surface area contributed by atoms with Crippen molar-refractivity contribution in [3.63, 3.8) is 0 Å². The lowest BCUT2D eigenvalue weighted by atomic mass is 10.1. The number of ether oxygens (including phenoxy) is 1. The molecule has 0 aliphatic heterocycles. The number of furan rings is 1. The fourth-order valence-electron chi connectivity index (χ4n) is 3.79. The zero-order valence-corrected chi connectivity index (χ0v) is 18.8. The number of benzene rings is 2. The Balaban J connectivity index is 1.76. The molecule has 0 spiro atoms. The number of rotatable bonds is 10. The summed E-state index contributed by atoms with van der Waals surface area (Å²) in [5.74, 6) is 1.75. The van der Waals surface area contributed by atoms with Gasteiger partial charge in [0.15, 0.2) is 0 Å². The van der Waals surface area contributed by atoms with Crippen LogP contribution in [0.5, 0.6) is 11.6 Å². The third-order valence-electron chi connectivity index (χ3n) is 5.25. The number of aliphatic hydroxyl groups excluding tert-OH is 1. The first-order valence-electron chi connectivity index (χ1n) is 11.1. The number of nitrogens with zero attached hydrogens (tertiary/aromatic N) is 3. The highest BCUT2D eigenvalue weighted by molar-refractivity contribution is 5.44. The van der Waals surface area contributed by atoms with Gasteiger partial charge in [0, 0.05) is 13.1 Å². The lowest BCUT2D eigenvalue weighted by Crippen LogP contribution is -2.30. The lowest BCUT2D eigenvalue weighted by Gasteiger charge is -2.23. The van der Waals surface area contributed by atoms with Gasteiger partial charge in [-0.1, -0.05) is 25.1 Å². The first-order valence-corrected chi connectivity index (χ1v) is 11.1. The maximum Gasteiger partial charge on any atom is 0.227 e. The fourth-order valence-corrected chi connectivity index (χ4v) is 3.79. The molecular weight excluding hydrogens is 421 g/mol. The van der Waals surface area contributed by atoms with Crippen LogP contribution in [0.3, 0.4) is 0 Å². The molecule has 0 bridgehead atoms. The predicted molar refractivity (Wildman–Crippen MR) is 124 cm³/mol. The van der Waals surface area contributed by atoms with E-state index in [4.69, 9.17) is 14.3 Å². The van der Waals surface area contributed by atoms with Gasteiger partial charge in [0.25, 0.3) is 0 Å². The molecule has 6 nitrogen and oxygen atoms in total. The van der Waals surface area contributed by atoms with E-state index in [1.807, 2.05) is 49.4 Å². The number of aromatic nitrogens is 2. The lowest BCUT2D eigenvalue weighted by molar-refractivity contribution is 0.112. The van der Waals surface area contributed by atoms with Crippen LogP contribution in [0.15, 0.2) is 77.4 Å². The van der Waals surface area contributed by atoms with E-state index in [9.17, 15) is 9.50 Å². The van der Waals surface area contributed by atoms with Crippen LogP contribution < -0.4 is 4.74 Å². The molecule has 33 heavy (non-hydrogen) atoms. The highest BCUT2D eigenvalue weighted by atomic mass is 19.1. The Labute approximate surface area is 192 Å². The SMILES string of the molecule is CCc1nn(-c2ccc(F)cc2)c(Oc2ccccc2)c1CN(Cc1ccco1)CC(C)O. The van der Waals surface area contributed by atoms with Gasteiger partial charge < -0.3 is 14.3 Å². The summed E-state index contributed by atoms with van der Waals surface area (Å²) >= 11 is 0. The molecule has 0 aliphatic rings. The summed E-state index contributed by atoms with van der Waals surface area (Å²) in [6.07, 6.45) is 1.82. The van der Waals surface area contributed by atoms with E-state index in [2.05, 4.69) is 4.90 Å². The van der Waals surface area contributed by atoms with Crippen LogP contribution in [0.4, 0.5) is 4.39 Å². The summed E-state index contributed by atoms with van der Waals surface area (Å²) in [5, 5.41) is 14.9. The predicted octanol–water partition coefficient (Wildman–Crippen LogP) is 5.34. The van der Waals surface area contributed by atoms with Crippen molar-refractivity contribution in [3.8, 4) is 17.3 Å². The van der Waals surface area contributed by atoms with E-state index < -0.39 is 6.10 Å². The molecule has 2 aromatic carbocycles. The molecule has 172 valence electrons. The molecule has 1 atom stereocenters. The average molecular weight is 450 g/mol. The number of aliphatic hydroxyl groups is 1. The monoisotopic (exact) mass is 449 g/mol. The van der Waals surface area contributed by atoms with Crippen LogP contribution in [0, 0.1) is 5.82 Å². The zero-order chi connectivity index (χ0) is 23.2. The Bertz CT molecular complexity index is 1140. The second kappa shape index (κ2) is 10.5. The molecule has 0 radical (unpaired) electrons. The average Bonchev–Trinajstić information content (AvgIpc) is 3.43. The number of hydrogen-bond acceptors (Lipinski definition) is 5. The Morgan fingerprint density at radius 2 is 1.82 bits per heavy atom. The largest absolute Gasteiger partial charge is 0.468 e. The van der Waals surface area contributed by atoms with E-state index in [0.717, 1.165) is 17.0 Å². The van der Waals surface area contributed by atoms with Gasteiger partial charge in [0.2, 0.25) is 5.88 Å². The molecule has 4 rings (SSSR count). The zero-order valence-electron chi connectivity index (χ0n) is 18.8. The highest BCUT2D eigenvalue weighted by Gasteiger charge is 2.23. The molecule has 1 N–H and O–H groups in total. The van der Waals surface area contributed by atoms with Crippen molar-refractivity contribution in [1.82, 2.24) is 14.7 Å². The minimum Gasteiger partial charge on any atom is -0.468 e. The van der Waals surface area contributed by atoms with E-state index >= 15 is 0 Å². The van der Waals surface area contributed by atoms with E-state index in [-0.39, 0.29) is 5.82 Å². The smallest absolute Gasteiger partial charge is 0.227 e. The van der Waals surface area contributed by atoms with Gasteiger partial charge in [-0.05, 0) is 61.9 Å². The minimum absolute atomic E-state index is 0.311. The summed E-state index contributed by atoms with van der Waals surface area (Å²) in [7, 11) is 0. The first kappa shape index (κ1) is 22.8. The summed E-state index contributed by atoms with van der Waals surface area (Å²) in [6, 6.07) is 19.5. The third kappa shape index (κ3) is 5.69. The Hall–Kier alpha value is -3.42. The van der Waals surface area contributed by atoms with Crippen molar-refractivity contribution in [2.75, 3.05) is 6.54 Å². The van der Waals surface area contributed by atoms with E-state index in [1.54, 1.807) is 30.0 Å². The molecule has 1 unspecified atom stereocenters. The number of aryl methyl sites for hydroxylation is 1. The van der Waals surface area contributed by atoms with Gasteiger partial charge in [0.1, 0.15) is 17.3 Å². The van der Waals surface area contributed by atoms with Gasteiger partial charge in [-0.15, -0.1) is 0 Å². The minimum atomic E-state index is -0.518. The molecule has 0 aliphatic carbocycles. The van der Waals surface area contributed by atoms with Crippen LogP contribution >= 0.6 is 0 Å². The summed E-state index contributed by atoms with van der Waals surface area (Å²) in [5.41, 5.74) is 2.49. The summed E-state index contributed by atoms with van der Waals surface area (Å²) in [4.78, 5) is 2.10. The first-order chi connectivity index (χ1) is 16.0. The maximum absolute atomic E-state index is 13.6. The Morgan fingerprint density at radius 1 is 1.06 bits per heavy atom. The van der Waals surface area contributed by atoms with Crippen LogP contribution in [0.1, 0.15) is 30.9 Å². The van der Waals surface area contributed by atoms with Crippen molar-refractivity contribution in [2.45, 2.75) is 39.5 Å². The normalized spacial score (nSPS) is 12.3. The summed E-state index contributed by atoms with van der Waals surface area (Å²) < 4.78 is 27.2. The van der Waals surface area contributed by atoms with Crippen LogP contribution in [-0.4, -0.2) is 32.4 Å². The molecule has 7 heteroatoms. The topological polar surface area (TPSA) is 63.7 Å². The van der Waals surface area contributed by atoms with Crippen LogP contribution in [0.25, 0.3) is 5.69 Å².